The Balaban J connectivity index is 1.40. The Morgan fingerprint density at radius 2 is 1.81 bits per heavy atom. The van der Waals surface area contributed by atoms with E-state index in [4.69, 9.17) is 14.7 Å². The standard InChI is InChI=1S/C24H25N5O3/c1-15-23(27-21-6-4-3-5-20(21)26-15)29-11-9-28(10-12-29)22(24(30)31)18-14-25-19-8-7-16(32-2)13-17(18)19/h3-8,13-14,22,25H,9-12H2,1-2H3,(H,30,31). The third-order valence-electron chi connectivity index (χ3n) is 6.15. The summed E-state index contributed by atoms with van der Waals surface area (Å²) in [7, 11) is 1.61. The number of aryl methyl sites for hydroxylation is 1. The fourth-order valence-corrected chi connectivity index (χ4v) is 4.53. The summed E-state index contributed by atoms with van der Waals surface area (Å²) >= 11 is 0. The highest BCUT2D eigenvalue weighted by Gasteiger charge is 2.33. The molecular formula is C24H25N5O3. The van der Waals surface area contributed by atoms with Crippen LogP contribution in [0.5, 0.6) is 5.75 Å². The molecule has 1 atom stereocenters. The third kappa shape index (κ3) is 3.52. The number of hydrogen-bond acceptors (Lipinski definition) is 6. The predicted octanol–water partition coefficient (Wildman–Crippen LogP) is 3.38. The van der Waals surface area contributed by atoms with Crippen LogP contribution in [-0.2, 0) is 4.79 Å². The van der Waals surface area contributed by atoms with Gasteiger partial charge in [-0.3, -0.25) is 9.69 Å². The summed E-state index contributed by atoms with van der Waals surface area (Å²) in [5.74, 6) is 0.716. The van der Waals surface area contributed by atoms with Gasteiger partial charge < -0.3 is 19.7 Å². The molecule has 4 aromatic rings. The summed E-state index contributed by atoms with van der Waals surface area (Å²) in [4.78, 5) is 29.3. The van der Waals surface area contributed by atoms with Gasteiger partial charge in [0, 0.05) is 48.8 Å². The van der Waals surface area contributed by atoms with E-state index in [0.29, 0.717) is 31.9 Å². The number of aromatic nitrogens is 3. The number of nitrogens with zero attached hydrogens (tertiary/aromatic N) is 4. The van der Waals surface area contributed by atoms with Gasteiger partial charge in [-0.25, -0.2) is 9.97 Å². The number of para-hydroxylation sites is 2. The van der Waals surface area contributed by atoms with Crippen LogP contribution < -0.4 is 9.64 Å². The van der Waals surface area contributed by atoms with Crippen molar-refractivity contribution in [2.45, 2.75) is 13.0 Å². The van der Waals surface area contributed by atoms with E-state index in [1.165, 1.54) is 0 Å². The van der Waals surface area contributed by atoms with Crippen molar-refractivity contribution in [2.24, 2.45) is 0 Å². The van der Waals surface area contributed by atoms with E-state index in [2.05, 4.69) is 9.88 Å². The first-order chi connectivity index (χ1) is 15.5. The molecule has 0 saturated carbocycles. The van der Waals surface area contributed by atoms with Gasteiger partial charge in [-0.05, 0) is 37.3 Å². The molecule has 1 fully saturated rings. The Labute approximate surface area is 185 Å². The highest BCUT2D eigenvalue weighted by atomic mass is 16.5. The molecule has 8 heteroatoms. The van der Waals surface area contributed by atoms with Gasteiger partial charge in [-0.15, -0.1) is 0 Å². The second-order valence-electron chi connectivity index (χ2n) is 8.04. The fraction of sp³-hybridized carbons (Fsp3) is 0.292. The van der Waals surface area contributed by atoms with E-state index >= 15 is 0 Å². The lowest BCUT2D eigenvalue weighted by atomic mass is 10.0. The maximum absolute atomic E-state index is 12.3. The zero-order valence-corrected chi connectivity index (χ0v) is 18.1. The molecule has 1 aliphatic rings. The number of carbonyl (C=O) groups is 1. The largest absolute Gasteiger partial charge is 0.497 e. The van der Waals surface area contributed by atoms with Crippen LogP contribution in [0.2, 0.25) is 0 Å². The summed E-state index contributed by atoms with van der Waals surface area (Å²) in [6.07, 6.45) is 1.80. The van der Waals surface area contributed by atoms with Gasteiger partial charge in [0.15, 0.2) is 5.82 Å². The van der Waals surface area contributed by atoms with Crippen molar-refractivity contribution in [3.05, 3.63) is 59.9 Å². The molecule has 0 radical (unpaired) electrons. The number of rotatable bonds is 5. The van der Waals surface area contributed by atoms with Crippen LogP contribution in [0.25, 0.3) is 21.9 Å². The van der Waals surface area contributed by atoms with E-state index in [1.807, 2.05) is 54.3 Å². The second-order valence-corrected chi connectivity index (χ2v) is 8.04. The number of fused-ring (bicyclic) bond motifs is 2. The molecule has 0 amide bonds. The average Bonchev–Trinajstić information content (AvgIpc) is 3.22. The number of ether oxygens (including phenoxy) is 1. The first-order valence-corrected chi connectivity index (χ1v) is 10.7. The highest BCUT2D eigenvalue weighted by molar-refractivity contribution is 5.90. The summed E-state index contributed by atoms with van der Waals surface area (Å²) < 4.78 is 5.34. The van der Waals surface area contributed by atoms with Crippen molar-refractivity contribution >= 4 is 33.7 Å². The lowest BCUT2D eigenvalue weighted by molar-refractivity contribution is -0.143. The van der Waals surface area contributed by atoms with E-state index in [0.717, 1.165) is 39.0 Å². The van der Waals surface area contributed by atoms with Crippen LogP contribution in [0, 0.1) is 6.92 Å². The Kier molecular flexibility index (Phi) is 5.14. The number of nitrogens with one attached hydrogen (secondary N) is 1. The van der Waals surface area contributed by atoms with Crippen LogP contribution in [0.3, 0.4) is 0 Å². The first kappa shape index (κ1) is 20.3. The maximum atomic E-state index is 12.3. The SMILES string of the molecule is COc1ccc2[nH]cc(C(C(=O)O)N3CCN(c4nc5ccccc5nc4C)CC3)c2c1. The van der Waals surface area contributed by atoms with Crippen LogP contribution in [0.4, 0.5) is 5.82 Å². The van der Waals surface area contributed by atoms with Crippen molar-refractivity contribution < 1.29 is 14.6 Å². The summed E-state index contributed by atoms with van der Waals surface area (Å²) in [6.45, 7) is 4.57. The minimum atomic E-state index is -0.858. The topological polar surface area (TPSA) is 94.6 Å². The minimum Gasteiger partial charge on any atom is -0.497 e. The molecule has 0 bridgehead atoms. The van der Waals surface area contributed by atoms with Gasteiger partial charge in [0.2, 0.25) is 0 Å². The van der Waals surface area contributed by atoms with Gasteiger partial charge >= 0.3 is 5.97 Å². The minimum absolute atomic E-state index is 0.613. The van der Waals surface area contributed by atoms with E-state index in [9.17, 15) is 9.90 Å². The van der Waals surface area contributed by atoms with Crippen molar-refractivity contribution in [3.8, 4) is 5.75 Å². The smallest absolute Gasteiger partial charge is 0.325 e. The molecule has 2 N–H and O–H groups in total. The molecule has 2 aromatic carbocycles. The van der Waals surface area contributed by atoms with E-state index in [-0.39, 0.29) is 0 Å². The Morgan fingerprint density at radius 3 is 2.50 bits per heavy atom. The van der Waals surface area contributed by atoms with Crippen LogP contribution in [0.15, 0.2) is 48.7 Å². The fourth-order valence-electron chi connectivity index (χ4n) is 4.53. The first-order valence-electron chi connectivity index (χ1n) is 10.7. The predicted molar refractivity (Wildman–Crippen MR) is 123 cm³/mol. The maximum Gasteiger partial charge on any atom is 0.325 e. The lowest BCUT2D eigenvalue weighted by Gasteiger charge is -2.38. The van der Waals surface area contributed by atoms with Gasteiger partial charge in [0.1, 0.15) is 11.8 Å². The van der Waals surface area contributed by atoms with Crippen molar-refractivity contribution in [3.63, 3.8) is 0 Å². The van der Waals surface area contributed by atoms with E-state index < -0.39 is 12.0 Å². The molecule has 164 valence electrons. The van der Waals surface area contributed by atoms with Crippen LogP contribution >= 0.6 is 0 Å². The zero-order valence-electron chi connectivity index (χ0n) is 18.1. The number of aromatic amines is 1. The number of H-pyrrole nitrogens is 1. The Bertz CT molecular complexity index is 1290. The number of carboxylic acid groups (broad SMARTS) is 1. The molecule has 1 unspecified atom stereocenters. The average molecular weight is 431 g/mol. The lowest BCUT2D eigenvalue weighted by Crippen LogP contribution is -2.49. The molecule has 32 heavy (non-hydrogen) atoms. The number of aliphatic carboxylic acids is 1. The number of anilines is 1. The summed E-state index contributed by atoms with van der Waals surface area (Å²) in [5.41, 5.74) is 4.28. The molecule has 2 aromatic heterocycles. The van der Waals surface area contributed by atoms with Gasteiger partial charge in [0.25, 0.3) is 0 Å². The number of benzene rings is 2. The third-order valence-corrected chi connectivity index (χ3v) is 6.15. The van der Waals surface area contributed by atoms with Crippen molar-refractivity contribution in [2.75, 3.05) is 38.2 Å². The number of carboxylic acids is 1. The summed E-state index contributed by atoms with van der Waals surface area (Å²) in [6, 6.07) is 12.8. The van der Waals surface area contributed by atoms with Crippen molar-refractivity contribution in [1.82, 2.24) is 19.9 Å². The van der Waals surface area contributed by atoms with Crippen LogP contribution in [-0.4, -0.2) is 64.2 Å². The second kappa shape index (κ2) is 8.12. The van der Waals surface area contributed by atoms with Gasteiger partial charge in [-0.2, -0.15) is 0 Å². The molecule has 5 rings (SSSR count). The van der Waals surface area contributed by atoms with Crippen LogP contribution in [0.1, 0.15) is 17.3 Å². The quantitative estimate of drug-likeness (QED) is 0.500. The molecule has 3 heterocycles. The summed E-state index contributed by atoms with van der Waals surface area (Å²) in [5, 5.41) is 11.0. The van der Waals surface area contributed by atoms with Gasteiger partial charge in [0.05, 0.1) is 23.8 Å². The molecule has 0 aliphatic carbocycles. The molecule has 1 aliphatic heterocycles. The number of hydrogen-bond donors (Lipinski definition) is 2. The molecule has 1 saturated heterocycles. The zero-order chi connectivity index (χ0) is 22.2. The van der Waals surface area contributed by atoms with E-state index in [1.54, 1.807) is 13.3 Å². The number of methoxy groups -OCH3 is 1. The Morgan fingerprint density at radius 1 is 1.09 bits per heavy atom. The molecular weight excluding hydrogens is 406 g/mol. The van der Waals surface area contributed by atoms with Crippen molar-refractivity contribution in [1.29, 1.82) is 0 Å². The Hall–Kier alpha value is -3.65. The van der Waals surface area contributed by atoms with Gasteiger partial charge in [-0.1, -0.05) is 12.1 Å². The molecule has 8 nitrogen and oxygen atoms in total. The number of piperazine rings is 1. The molecule has 0 spiro atoms. The highest BCUT2D eigenvalue weighted by Crippen LogP contribution is 2.32. The monoisotopic (exact) mass is 431 g/mol. The normalized spacial score (nSPS) is 15.9.